The topological polar surface area (TPSA) is 120 Å². The van der Waals surface area contributed by atoms with Crippen LogP contribution < -0.4 is 16.7 Å². The number of aromatic nitrogens is 2. The first-order valence-corrected chi connectivity index (χ1v) is 9.24. The fraction of sp³-hybridized carbons (Fsp3) is 0.421. The van der Waals surface area contributed by atoms with Crippen LogP contribution in [0.5, 0.6) is 11.6 Å². The van der Waals surface area contributed by atoms with E-state index < -0.39 is 11.2 Å². The molecule has 0 amide bonds. The number of hydrogen-bond donors (Lipinski definition) is 4. The highest BCUT2D eigenvalue weighted by Crippen LogP contribution is 2.32. The Balaban J connectivity index is 1.68. The average molecular weight is 370 g/mol. The van der Waals surface area contributed by atoms with Gasteiger partial charge in [-0.1, -0.05) is 31.4 Å². The van der Waals surface area contributed by atoms with Crippen molar-refractivity contribution in [3.05, 3.63) is 56.2 Å². The van der Waals surface area contributed by atoms with Gasteiger partial charge in [-0.3, -0.25) is 14.3 Å². The second-order valence-electron chi connectivity index (χ2n) is 7.16. The van der Waals surface area contributed by atoms with Gasteiger partial charge in [0.15, 0.2) is 0 Å². The van der Waals surface area contributed by atoms with E-state index in [1.807, 2.05) is 6.07 Å². The van der Waals surface area contributed by atoms with Crippen molar-refractivity contribution in [2.24, 2.45) is 5.10 Å². The molecule has 2 aliphatic rings. The highest BCUT2D eigenvalue weighted by molar-refractivity contribution is 6.03. The SMILES string of the molecule is O=c1[nH]c(=O)n(C2CCCCC2)c(O)c1C1=NN[C@H](c2cccc(O)c2)C1. The van der Waals surface area contributed by atoms with Crippen molar-refractivity contribution in [2.45, 2.75) is 50.6 Å². The van der Waals surface area contributed by atoms with E-state index in [0.717, 1.165) is 37.7 Å². The molecular formula is C19H22N4O4. The van der Waals surface area contributed by atoms with Crippen LogP contribution in [-0.2, 0) is 0 Å². The van der Waals surface area contributed by atoms with Crippen LogP contribution in [0.15, 0.2) is 39.0 Å². The Morgan fingerprint density at radius 1 is 1.11 bits per heavy atom. The Hall–Kier alpha value is -3.03. The van der Waals surface area contributed by atoms with Crippen LogP contribution in [0.4, 0.5) is 0 Å². The fourth-order valence-electron chi connectivity index (χ4n) is 4.01. The zero-order valence-corrected chi connectivity index (χ0v) is 14.8. The maximum Gasteiger partial charge on any atom is 0.331 e. The van der Waals surface area contributed by atoms with Crippen molar-refractivity contribution in [3.63, 3.8) is 0 Å². The van der Waals surface area contributed by atoms with Gasteiger partial charge in [0, 0.05) is 12.5 Å². The second kappa shape index (κ2) is 6.94. The monoisotopic (exact) mass is 370 g/mol. The van der Waals surface area contributed by atoms with Gasteiger partial charge < -0.3 is 15.6 Å². The highest BCUT2D eigenvalue weighted by Gasteiger charge is 2.29. The van der Waals surface area contributed by atoms with E-state index in [1.54, 1.807) is 18.2 Å². The summed E-state index contributed by atoms with van der Waals surface area (Å²) in [6.07, 6.45) is 5.07. The Kier molecular flexibility index (Phi) is 4.47. The Bertz CT molecular complexity index is 1000. The average Bonchev–Trinajstić information content (AvgIpc) is 3.12. The van der Waals surface area contributed by atoms with Crippen molar-refractivity contribution in [2.75, 3.05) is 0 Å². The summed E-state index contributed by atoms with van der Waals surface area (Å²) >= 11 is 0. The van der Waals surface area contributed by atoms with Crippen molar-refractivity contribution in [3.8, 4) is 11.6 Å². The fourth-order valence-corrected chi connectivity index (χ4v) is 4.01. The summed E-state index contributed by atoms with van der Waals surface area (Å²) in [7, 11) is 0. The summed E-state index contributed by atoms with van der Waals surface area (Å²) in [5.41, 5.74) is 2.98. The zero-order chi connectivity index (χ0) is 19.0. The molecule has 1 fully saturated rings. The van der Waals surface area contributed by atoms with Crippen LogP contribution in [-0.4, -0.2) is 25.5 Å². The molecule has 0 saturated heterocycles. The van der Waals surface area contributed by atoms with Crippen LogP contribution in [0.2, 0.25) is 0 Å². The van der Waals surface area contributed by atoms with Crippen molar-refractivity contribution in [1.82, 2.24) is 15.0 Å². The lowest BCUT2D eigenvalue weighted by molar-refractivity contribution is 0.298. The van der Waals surface area contributed by atoms with E-state index in [0.29, 0.717) is 12.1 Å². The van der Waals surface area contributed by atoms with Gasteiger partial charge in [0.25, 0.3) is 5.56 Å². The van der Waals surface area contributed by atoms with E-state index in [2.05, 4.69) is 15.5 Å². The molecule has 0 radical (unpaired) electrons. The molecule has 2 aromatic rings. The Morgan fingerprint density at radius 3 is 2.63 bits per heavy atom. The van der Waals surface area contributed by atoms with Crippen molar-refractivity contribution >= 4 is 5.71 Å². The summed E-state index contributed by atoms with van der Waals surface area (Å²) in [6, 6.07) is 6.46. The van der Waals surface area contributed by atoms with Gasteiger partial charge in [0.2, 0.25) is 5.88 Å². The first kappa shape index (κ1) is 17.4. The van der Waals surface area contributed by atoms with Gasteiger partial charge in [-0.05, 0) is 30.5 Å². The zero-order valence-electron chi connectivity index (χ0n) is 14.8. The Labute approximate surface area is 155 Å². The maximum absolute atomic E-state index is 12.4. The van der Waals surface area contributed by atoms with Crippen LogP contribution in [0.1, 0.15) is 61.7 Å². The molecule has 1 saturated carbocycles. The van der Waals surface area contributed by atoms with Crippen LogP contribution in [0.3, 0.4) is 0 Å². The lowest BCUT2D eigenvalue weighted by atomic mass is 9.95. The van der Waals surface area contributed by atoms with Gasteiger partial charge in [0.1, 0.15) is 11.3 Å². The predicted octanol–water partition coefficient (Wildman–Crippen LogP) is 1.89. The summed E-state index contributed by atoms with van der Waals surface area (Å²) in [6.45, 7) is 0. The predicted molar refractivity (Wildman–Crippen MR) is 100 cm³/mol. The minimum Gasteiger partial charge on any atom is -0.508 e. The van der Waals surface area contributed by atoms with Gasteiger partial charge in [-0.2, -0.15) is 5.10 Å². The molecule has 1 aromatic carbocycles. The maximum atomic E-state index is 12.4. The second-order valence-corrected chi connectivity index (χ2v) is 7.16. The molecule has 4 rings (SSSR count). The number of benzene rings is 1. The van der Waals surface area contributed by atoms with E-state index >= 15 is 0 Å². The van der Waals surface area contributed by atoms with Gasteiger partial charge in [-0.15, -0.1) is 0 Å². The first-order chi connectivity index (χ1) is 13.0. The Morgan fingerprint density at radius 2 is 1.89 bits per heavy atom. The molecule has 1 aliphatic heterocycles. The third kappa shape index (κ3) is 3.22. The summed E-state index contributed by atoms with van der Waals surface area (Å²) < 4.78 is 1.31. The number of hydrazone groups is 1. The van der Waals surface area contributed by atoms with Crippen molar-refractivity contribution in [1.29, 1.82) is 0 Å². The molecular weight excluding hydrogens is 348 g/mol. The van der Waals surface area contributed by atoms with Crippen LogP contribution in [0, 0.1) is 0 Å². The lowest BCUT2D eigenvalue weighted by Crippen LogP contribution is -2.36. The number of phenols is 1. The molecule has 1 aromatic heterocycles. The van der Waals surface area contributed by atoms with E-state index in [-0.39, 0.29) is 29.3 Å². The third-order valence-corrected chi connectivity index (χ3v) is 5.37. The number of aromatic hydroxyl groups is 2. The molecule has 0 spiro atoms. The highest BCUT2D eigenvalue weighted by atomic mass is 16.3. The number of H-pyrrole nitrogens is 1. The standard InChI is InChI=1S/C19H22N4O4/c24-13-8-4-5-11(9-13)14-10-15(22-21-14)16-17(25)20-19(27)23(18(16)26)12-6-2-1-3-7-12/h4-5,8-9,12,14,21,24,26H,1-3,6-7,10H2,(H,20,25,27)/t14-/m0/s1. The lowest BCUT2D eigenvalue weighted by Gasteiger charge is -2.25. The quantitative estimate of drug-likeness (QED) is 0.658. The van der Waals surface area contributed by atoms with Gasteiger partial charge in [0.05, 0.1) is 11.8 Å². The van der Waals surface area contributed by atoms with Crippen LogP contribution >= 0.6 is 0 Å². The molecule has 1 aliphatic carbocycles. The van der Waals surface area contributed by atoms with Gasteiger partial charge in [-0.25, -0.2) is 4.79 Å². The molecule has 0 bridgehead atoms. The molecule has 4 N–H and O–H groups in total. The largest absolute Gasteiger partial charge is 0.508 e. The summed E-state index contributed by atoms with van der Waals surface area (Å²) in [4.78, 5) is 27.0. The van der Waals surface area contributed by atoms with Crippen LogP contribution in [0.25, 0.3) is 0 Å². The molecule has 8 nitrogen and oxygen atoms in total. The molecule has 2 heterocycles. The van der Waals surface area contributed by atoms with E-state index in [9.17, 15) is 19.8 Å². The van der Waals surface area contributed by atoms with Gasteiger partial charge >= 0.3 is 5.69 Å². The minimum atomic E-state index is -0.637. The summed E-state index contributed by atoms with van der Waals surface area (Å²) in [5, 5.41) is 24.6. The number of phenolic OH excluding ortho intramolecular Hbond substituents is 1. The third-order valence-electron chi connectivity index (χ3n) is 5.37. The van der Waals surface area contributed by atoms with E-state index in [1.165, 1.54) is 4.57 Å². The van der Waals surface area contributed by atoms with Crippen molar-refractivity contribution < 1.29 is 10.2 Å². The number of rotatable bonds is 3. The minimum absolute atomic E-state index is 0.0373. The number of nitrogens with one attached hydrogen (secondary N) is 2. The number of aromatic amines is 1. The normalized spacial score (nSPS) is 20.3. The number of hydrogen-bond acceptors (Lipinski definition) is 6. The van der Waals surface area contributed by atoms with E-state index in [4.69, 9.17) is 0 Å². The first-order valence-electron chi connectivity index (χ1n) is 9.24. The molecule has 8 heteroatoms. The molecule has 142 valence electrons. The molecule has 1 atom stereocenters. The molecule has 27 heavy (non-hydrogen) atoms. The summed E-state index contributed by atoms with van der Waals surface area (Å²) in [5.74, 6) is -0.165. The number of nitrogens with zero attached hydrogens (tertiary/aromatic N) is 2. The smallest absolute Gasteiger partial charge is 0.331 e. The molecule has 0 unspecified atom stereocenters.